The molecular formula is C25H23N3O2. The molecule has 0 aliphatic carbocycles. The highest BCUT2D eigenvalue weighted by Gasteiger charge is 2.42. The first-order valence-electron chi connectivity index (χ1n) is 10.2. The van der Waals surface area contributed by atoms with E-state index in [1.807, 2.05) is 30.3 Å². The Morgan fingerprint density at radius 2 is 1.50 bits per heavy atom. The molecule has 2 atom stereocenters. The molecule has 5 heteroatoms. The molecule has 5 nitrogen and oxygen atoms in total. The predicted molar refractivity (Wildman–Crippen MR) is 116 cm³/mol. The SMILES string of the molecule is CCc1ccc2c(c1)C1OC2c2ccc(C(=O)NCc3ccc(C(=N)N)cc3)cc21. The van der Waals surface area contributed by atoms with Crippen LogP contribution < -0.4 is 11.1 Å². The van der Waals surface area contributed by atoms with E-state index >= 15 is 0 Å². The number of aryl methyl sites for hydroxylation is 1. The lowest BCUT2D eigenvalue weighted by atomic mass is 9.84. The van der Waals surface area contributed by atoms with Gasteiger partial charge < -0.3 is 15.8 Å². The van der Waals surface area contributed by atoms with Crippen molar-refractivity contribution >= 4 is 11.7 Å². The third-order valence-electron chi connectivity index (χ3n) is 6.03. The van der Waals surface area contributed by atoms with Gasteiger partial charge in [-0.15, -0.1) is 0 Å². The van der Waals surface area contributed by atoms with Gasteiger partial charge in [0.1, 0.15) is 18.0 Å². The number of ether oxygens (including phenoxy) is 1. The highest BCUT2D eigenvalue weighted by molar-refractivity contribution is 5.95. The van der Waals surface area contributed by atoms with Crippen molar-refractivity contribution in [1.29, 1.82) is 5.41 Å². The number of amidine groups is 1. The lowest BCUT2D eigenvalue weighted by Crippen LogP contribution is -2.23. The number of benzene rings is 3. The number of hydrogen-bond acceptors (Lipinski definition) is 3. The molecule has 0 aromatic heterocycles. The molecule has 30 heavy (non-hydrogen) atoms. The number of hydrogen-bond donors (Lipinski definition) is 3. The first-order valence-corrected chi connectivity index (χ1v) is 10.2. The van der Waals surface area contributed by atoms with Crippen LogP contribution in [0.2, 0.25) is 0 Å². The summed E-state index contributed by atoms with van der Waals surface area (Å²) in [5.74, 6) is -0.0772. The number of nitrogen functional groups attached to an aromatic ring is 1. The minimum Gasteiger partial charge on any atom is -0.384 e. The third kappa shape index (κ3) is 2.99. The zero-order valence-electron chi connectivity index (χ0n) is 16.7. The van der Waals surface area contributed by atoms with E-state index in [9.17, 15) is 4.79 Å². The maximum atomic E-state index is 12.7. The molecule has 3 aromatic carbocycles. The first kappa shape index (κ1) is 18.6. The number of rotatable bonds is 5. The Morgan fingerprint density at radius 1 is 0.900 bits per heavy atom. The second kappa shape index (κ2) is 7.11. The minimum absolute atomic E-state index is 0.0252. The summed E-state index contributed by atoms with van der Waals surface area (Å²) in [6, 6.07) is 19.8. The summed E-state index contributed by atoms with van der Waals surface area (Å²) in [6.07, 6.45) is 0.883. The minimum atomic E-state index is -0.112. The molecule has 1 amide bonds. The zero-order chi connectivity index (χ0) is 20.8. The van der Waals surface area contributed by atoms with Crippen LogP contribution >= 0.6 is 0 Å². The van der Waals surface area contributed by atoms with Crippen LogP contribution in [-0.2, 0) is 17.7 Å². The van der Waals surface area contributed by atoms with Crippen molar-refractivity contribution in [2.24, 2.45) is 5.73 Å². The molecule has 0 saturated carbocycles. The van der Waals surface area contributed by atoms with E-state index in [-0.39, 0.29) is 24.0 Å². The number of carbonyl (C=O) groups excluding carboxylic acids is 1. The average molecular weight is 397 g/mol. The predicted octanol–water partition coefficient (Wildman–Crippen LogP) is 3.99. The summed E-state index contributed by atoms with van der Waals surface area (Å²) in [4.78, 5) is 12.7. The van der Waals surface area contributed by atoms with E-state index in [2.05, 4.69) is 30.4 Å². The summed E-state index contributed by atoms with van der Waals surface area (Å²) in [5.41, 5.74) is 13.8. The zero-order valence-corrected chi connectivity index (χ0v) is 16.7. The van der Waals surface area contributed by atoms with Crippen molar-refractivity contribution in [2.45, 2.75) is 32.1 Å². The molecule has 2 unspecified atom stereocenters. The monoisotopic (exact) mass is 397 g/mol. The van der Waals surface area contributed by atoms with Gasteiger partial charge in [0.25, 0.3) is 5.91 Å². The Morgan fingerprint density at radius 3 is 2.20 bits per heavy atom. The van der Waals surface area contributed by atoms with Crippen molar-refractivity contribution in [3.63, 3.8) is 0 Å². The third-order valence-corrected chi connectivity index (χ3v) is 6.03. The van der Waals surface area contributed by atoms with Gasteiger partial charge in [-0.3, -0.25) is 10.2 Å². The summed E-state index contributed by atoms with van der Waals surface area (Å²) in [5, 5.41) is 10.4. The van der Waals surface area contributed by atoms with Gasteiger partial charge in [-0.05, 0) is 51.9 Å². The fourth-order valence-corrected chi connectivity index (χ4v) is 4.34. The molecule has 2 heterocycles. The highest BCUT2D eigenvalue weighted by Crippen LogP contribution is 2.54. The van der Waals surface area contributed by atoms with Crippen LogP contribution in [0.3, 0.4) is 0 Å². The van der Waals surface area contributed by atoms with E-state index in [1.165, 1.54) is 16.7 Å². The van der Waals surface area contributed by atoms with Crippen molar-refractivity contribution in [3.8, 4) is 0 Å². The molecule has 2 aliphatic rings. The Bertz CT molecular complexity index is 1170. The van der Waals surface area contributed by atoms with Crippen LogP contribution in [-0.4, -0.2) is 11.7 Å². The Kier molecular flexibility index (Phi) is 4.40. The Labute approximate surface area is 175 Å². The van der Waals surface area contributed by atoms with E-state index in [0.29, 0.717) is 17.7 Å². The number of fused-ring (bicyclic) bond motifs is 8. The fraction of sp³-hybridized carbons (Fsp3) is 0.200. The van der Waals surface area contributed by atoms with Gasteiger partial charge in [0.05, 0.1) is 0 Å². The van der Waals surface area contributed by atoms with Gasteiger partial charge in [0.15, 0.2) is 0 Å². The van der Waals surface area contributed by atoms with Crippen molar-refractivity contribution in [2.75, 3.05) is 0 Å². The summed E-state index contributed by atoms with van der Waals surface area (Å²) >= 11 is 0. The van der Waals surface area contributed by atoms with Crippen molar-refractivity contribution in [1.82, 2.24) is 5.32 Å². The number of nitrogens with two attached hydrogens (primary N) is 1. The summed E-state index contributed by atoms with van der Waals surface area (Å²) < 4.78 is 6.25. The molecule has 0 saturated heterocycles. The summed E-state index contributed by atoms with van der Waals surface area (Å²) in [6.45, 7) is 2.57. The molecule has 3 aromatic rings. The number of carbonyl (C=O) groups is 1. The van der Waals surface area contributed by atoms with Crippen LogP contribution in [0.5, 0.6) is 0 Å². The molecule has 0 spiro atoms. The topological polar surface area (TPSA) is 88.2 Å². The van der Waals surface area contributed by atoms with Gasteiger partial charge >= 0.3 is 0 Å². The van der Waals surface area contributed by atoms with Crippen LogP contribution in [0.25, 0.3) is 0 Å². The van der Waals surface area contributed by atoms with Crippen molar-refractivity contribution < 1.29 is 9.53 Å². The smallest absolute Gasteiger partial charge is 0.251 e. The van der Waals surface area contributed by atoms with Crippen molar-refractivity contribution in [3.05, 3.63) is 105 Å². The second-order valence-corrected chi connectivity index (χ2v) is 7.85. The standard InChI is InChI=1S/C25H23N3O2/c1-2-14-5-9-18-20(11-14)23-21-12-17(8-10-19(21)22(18)30-23)25(29)28-13-15-3-6-16(7-4-15)24(26)27/h3-12,22-23H,2,13H2,1H3,(H3,26,27)(H,28,29). The number of amides is 1. The van der Waals surface area contributed by atoms with Crippen LogP contribution in [0.15, 0.2) is 60.7 Å². The Hall–Kier alpha value is -3.44. The first-order chi connectivity index (χ1) is 14.5. The fourth-order valence-electron chi connectivity index (χ4n) is 4.34. The molecular weight excluding hydrogens is 374 g/mol. The summed E-state index contributed by atoms with van der Waals surface area (Å²) in [7, 11) is 0. The number of nitrogens with one attached hydrogen (secondary N) is 2. The van der Waals surface area contributed by atoms with Crippen LogP contribution in [0, 0.1) is 5.41 Å². The maximum Gasteiger partial charge on any atom is 0.251 e. The van der Waals surface area contributed by atoms with Crippen LogP contribution in [0.1, 0.15) is 68.4 Å². The van der Waals surface area contributed by atoms with Gasteiger partial charge in [0, 0.05) is 17.7 Å². The van der Waals surface area contributed by atoms with E-state index in [1.54, 1.807) is 12.1 Å². The van der Waals surface area contributed by atoms with Gasteiger partial charge in [-0.2, -0.15) is 0 Å². The molecule has 4 N–H and O–H groups in total. The largest absolute Gasteiger partial charge is 0.384 e. The Balaban J connectivity index is 1.33. The normalized spacial score (nSPS) is 18.0. The van der Waals surface area contributed by atoms with E-state index < -0.39 is 0 Å². The van der Waals surface area contributed by atoms with Crippen LogP contribution in [0.4, 0.5) is 0 Å². The molecule has 2 aliphatic heterocycles. The molecule has 0 radical (unpaired) electrons. The van der Waals surface area contributed by atoms with Gasteiger partial charge in [-0.25, -0.2) is 0 Å². The lowest BCUT2D eigenvalue weighted by molar-refractivity contribution is 0.0857. The van der Waals surface area contributed by atoms with Gasteiger partial charge in [-0.1, -0.05) is 55.5 Å². The average Bonchev–Trinajstić information content (AvgIpc) is 3.34. The molecule has 150 valence electrons. The maximum absolute atomic E-state index is 12.7. The molecule has 0 fully saturated rings. The highest BCUT2D eigenvalue weighted by atomic mass is 16.5. The van der Waals surface area contributed by atoms with E-state index in [0.717, 1.165) is 23.1 Å². The molecule has 2 bridgehead atoms. The second-order valence-electron chi connectivity index (χ2n) is 7.85. The lowest BCUT2D eigenvalue weighted by Gasteiger charge is -2.17. The quantitative estimate of drug-likeness (QED) is 0.449. The molecule has 5 rings (SSSR count). The van der Waals surface area contributed by atoms with Gasteiger partial charge in [0.2, 0.25) is 0 Å². The van der Waals surface area contributed by atoms with E-state index in [4.69, 9.17) is 15.9 Å².